The predicted molar refractivity (Wildman–Crippen MR) is 78.9 cm³/mol. The van der Waals surface area contributed by atoms with E-state index in [1.807, 2.05) is 39.0 Å². The van der Waals surface area contributed by atoms with Gasteiger partial charge in [0.1, 0.15) is 0 Å². The molecule has 18 heavy (non-hydrogen) atoms. The first-order valence-electron chi connectivity index (χ1n) is 6.10. The van der Waals surface area contributed by atoms with E-state index in [1.54, 1.807) is 0 Å². The Morgan fingerprint density at radius 2 is 2.06 bits per heavy atom. The molecule has 1 unspecified atom stereocenters. The molecule has 98 valence electrons. The monoisotopic (exact) mass is 264 g/mol. The molecular weight excluding hydrogens is 244 g/mol. The maximum atomic E-state index is 12.1. The van der Waals surface area contributed by atoms with Gasteiger partial charge in [0.05, 0.1) is 4.99 Å². The van der Waals surface area contributed by atoms with E-state index >= 15 is 0 Å². The molecule has 0 saturated heterocycles. The largest absolute Gasteiger partial charge is 0.393 e. The summed E-state index contributed by atoms with van der Waals surface area (Å²) in [6, 6.07) is 5.71. The molecule has 0 aromatic heterocycles. The molecular formula is C14H20N2OS. The normalized spacial score (nSPS) is 11.9. The van der Waals surface area contributed by atoms with Gasteiger partial charge in [-0.3, -0.25) is 4.79 Å². The zero-order chi connectivity index (χ0) is 13.7. The molecule has 0 heterocycles. The van der Waals surface area contributed by atoms with E-state index in [0.717, 1.165) is 12.0 Å². The highest BCUT2D eigenvalue weighted by atomic mass is 32.1. The molecule has 0 aliphatic heterocycles. The van der Waals surface area contributed by atoms with E-state index in [0.29, 0.717) is 17.0 Å². The minimum Gasteiger partial charge on any atom is -0.393 e. The molecule has 0 bridgehead atoms. The number of thiocarbonyl (C=S) groups is 1. The molecule has 0 saturated carbocycles. The van der Waals surface area contributed by atoms with Crippen LogP contribution in [0.25, 0.3) is 0 Å². The van der Waals surface area contributed by atoms with Crippen LogP contribution in [0.2, 0.25) is 0 Å². The fourth-order valence-electron chi connectivity index (χ4n) is 1.69. The van der Waals surface area contributed by atoms with Gasteiger partial charge in [-0.15, -0.1) is 0 Å². The average molecular weight is 264 g/mol. The molecule has 4 heteroatoms. The van der Waals surface area contributed by atoms with Crippen molar-refractivity contribution < 1.29 is 4.79 Å². The Kier molecular flexibility index (Phi) is 5.28. The summed E-state index contributed by atoms with van der Waals surface area (Å²) in [5, 5.41) is 2.95. The summed E-state index contributed by atoms with van der Waals surface area (Å²) in [6.07, 6.45) is 1.36. The highest BCUT2D eigenvalue weighted by Crippen LogP contribution is 2.10. The number of hydrogen-bond acceptors (Lipinski definition) is 2. The van der Waals surface area contributed by atoms with Gasteiger partial charge in [0.15, 0.2) is 0 Å². The molecule has 3 N–H and O–H groups in total. The Hall–Kier alpha value is -1.42. The number of carbonyl (C=O) groups excluding carboxylic acids is 1. The lowest BCUT2D eigenvalue weighted by molar-refractivity contribution is 0.0937. The Morgan fingerprint density at radius 1 is 1.39 bits per heavy atom. The summed E-state index contributed by atoms with van der Waals surface area (Å²) >= 11 is 4.87. The Labute approximate surface area is 114 Å². The van der Waals surface area contributed by atoms with Crippen molar-refractivity contribution in [3.63, 3.8) is 0 Å². The smallest absolute Gasteiger partial charge is 0.251 e. The molecule has 1 atom stereocenters. The van der Waals surface area contributed by atoms with Crippen molar-refractivity contribution in [1.29, 1.82) is 0 Å². The van der Waals surface area contributed by atoms with Crippen molar-refractivity contribution in [3.8, 4) is 0 Å². The van der Waals surface area contributed by atoms with E-state index in [1.165, 1.54) is 5.56 Å². The highest BCUT2D eigenvalue weighted by Gasteiger charge is 2.13. The Bertz CT molecular complexity index is 457. The number of carbonyl (C=O) groups is 1. The summed E-state index contributed by atoms with van der Waals surface area (Å²) < 4.78 is 0. The average Bonchev–Trinajstić information content (AvgIpc) is 2.31. The van der Waals surface area contributed by atoms with Crippen molar-refractivity contribution in [3.05, 3.63) is 34.9 Å². The van der Waals surface area contributed by atoms with Crippen LogP contribution in [0.15, 0.2) is 18.2 Å². The lowest BCUT2D eigenvalue weighted by Crippen LogP contribution is -2.37. The van der Waals surface area contributed by atoms with Crippen LogP contribution in [0.3, 0.4) is 0 Å². The van der Waals surface area contributed by atoms with Gasteiger partial charge < -0.3 is 11.1 Å². The second kappa shape index (κ2) is 6.50. The molecule has 0 radical (unpaired) electrons. The summed E-state index contributed by atoms with van der Waals surface area (Å²) in [5.74, 6) is -0.0683. The number of aryl methyl sites for hydroxylation is 2. The van der Waals surface area contributed by atoms with Crippen LogP contribution < -0.4 is 11.1 Å². The van der Waals surface area contributed by atoms with E-state index in [2.05, 4.69) is 5.32 Å². The highest BCUT2D eigenvalue weighted by molar-refractivity contribution is 7.80. The van der Waals surface area contributed by atoms with Crippen molar-refractivity contribution in [2.75, 3.05) is 0 Å². The third-order valence-electron chi connectivity index (χ3n) is 3.04. The van der Waals surface area contributed by atoms with Crippen molar-refractivity contribution >= 4 is 23.1 Å². The minimum absolute atomic E-state index is 0.0107. The van der Waals surface area contributed by atoms with Crippen molar-refractivity contribution in [2.45, 2.75) is 39.7 Å². The van der Waals surface area contributed by atoms with E-state index in [4.69, 9.17) is 18.0 Å². The van der Waals surface area contributed by atoms with E-state index in [-0.39, 0.29) is 11.9 Å². The maximum Gasteiger partial charge on any atom is 0.251 e. The second-order valence-corrected chi connectivity index (χ2v) is 5.07. The molecule has 1 aromatic rings. The van der Waals surface area contributed by atoms with Gasteiger partial charge in [0.25, 0.3) is 5.91 Å². The Balaban J connectivity index is 2.74. The lowest BCUT2D eigenvalue weighted by Gasteiger charge is -2.16. The molecule has 3 nitrogen and oxygen atoms in total. The lowest BCUT2D eigenvalue weighted by atomic mass is 10.0. The topological polar surface area (TPSA) is 55.1 Å². The van der Waals surface area contributed by atoms with Gasteiger partial charge in [0.2, 0.25) is 0 Å². The van der Waals surface area contributed by atoms with Crippen molar-refractivity contribution in [1.82, 2.24) is 5.32 Å². The number of rotatable bonds is 5. The standard InChI is InChI=1S/C14H20N2OS/c1-4-12(8-13(15)18)16-14(17)11-6-5-9(2)10(3)7-11/h5-7,12H,4,8H2,1-3H3,(H2,15,18)(H,16,17). The molecule has 1 amide bonds. The van der Waals surface area contributed by atoms with Crippen LogP contribution in [-0.4, -0.2) is 16.9 Å². The number of nitrogens with two attached hydrogens (primary N) is 1. The van der Waals surface area contributed by atoms with Crippen LogP contribution in [-0.2, 0) is 0 Å². The van der Waals surface area contributed by atoms with Gasteiger partial charge in [-0.05, 0) is 43.5 Å². The first-order valence-corrected chi connectivity index (χ1v) is 6.51. The zero-order valence-corrected chi connectivity index (χ0v) is 11.9. The quantitative estimate of drug-likeness (QED) is 0.803. The summed E-state index contributed by atoms with van der Waals surface area (Å²) in [7, 11) is 0. The fourth-order valence-corrected chi connectivity index (χ4v) is 1.89. The molecule has 0 aliphatic rings. The summed E-state index contributed by atoms with van der Waals surface area (Å²) in [5.41, 5.74) is 8.49. The molecule has 0 spiro atoms. The SMILES string of the molecule is CCC(CC(N)=S)NC(=O)c1ccc(C)c(C)c1. The molecule has 1 rings (SSSR count). The van der Waals surface area contributed by atoms with E-state index in [9.17, 15) is 4.79 Å². The number of hydrogen-bond donors (Lipinski definition) is 2. The molecule has 0 aliphatic carbocycles. The van der Waals surface area contributed by atoms with Crippen molar-refractivity contribution in [2.24, 2.45) is 5.73 Å². The van der Waals surface area contributed by atoms with Gasteiger partial charge in [0, 0.05) is 18.0 Å². The van der Waals surface area contributed by atoms with Gasteiger partial charge in [-0.1, -0.05) is 25.2 Å². The fraction of sp³-hybridized carbons (Fsp3) is 0.429. The number of nitrogens with one attached hydrogen (secondary N) is 1. The summed E-state index contributed by atoms with van der Waals surface area (Å²) in [4.78, 5) is 12.5. The number of benzene rings is 1. The van der Waals surface area contributed by atoms with Gasteiger partial charge in [-0.25, -0.2) is 0 Å². The van der Waals surface area contributed by atoms with Crippen LogP contribution in [0, 0.1) is 13.8 Å². The molecule has 0 fully saturated rings. The first kappa shape index (κ1) is 14.6. The number of amides is 1. The molecule has 1 aromatic carbocycles. The zero-order valence-electron chi connectivity index (χ0n) is 11.1. The first-order chi connectivity index (χ1) is 8.43. The van der Waals surface area contributed by atoms with Crippen LogP contribution in [0.5, 0.6) is 0 Å². The third-order valence-corrected chi connectivity index (χ3v) is 3.21. The summed E-state index contributed by atoms with van der Waals surface area (Å²) in [6.45, 7) is 6.03. The van der Waals surface area contributed by atoms with Crippen LogP contribution in [0.1, 0.15) is 41.3 Å². The Morgan fingerprint density at radius 3 is 2.56 bits per heavy atom. The van der Waals surface area contributed by atoms with Crippen LogP contribution in [0.4, 0.5) is 0 Å². The van der Waals surface area contributed by atoms with Gasteiger partial charge >= 0.3 is 0 Å². The second-order valence-electron chi connectivity index (χ2n) is 4.55. The predicted octanol–water partition coefficient (Wildman–Crippen LogP) is 2.49. The maximum absolute atomic E-state index is 12.1. The van der Waals surface area contributed by atoms with Crippen LogP contribution >= 0.6 is 12.2 Å². The third kappa shape index (κ3) is 4.11. The van der Waals surface area contributed by atoms with Gasteiger partial charge in [-0.2, -0.15) is 0 Å². The van der Waals surface area contributed by atoms with E-state index < -0.39 is 0 Å². The minimum atomic E-state index is -0.0683.